The molecule has 0 saturated carbocycles. The van der Waals surface area contributed by atoms with Gasteiger partial charge in [-0.05, 0) is 37.6 Å². The number of aromatic nitrogens is 1. The number of nitrogens with two attached hydrogens (primary N) is 1. The lowest BCUT2D eigenvalue weighted by Crippen LogP contribution is -2.10. The smallest absolute Gasteiger partial charge is 0.103 e. The average Bonchev–Trinajstić information content (AvgIpc) is 2.73. The maximum absolute atomic E-state index is 5.60. The number of hydrogen-bond donors (Lipinski definition) is 2. The molecule has 0 bridgehead atoms. The van der Waals surface area contributed by atoms with Crippen molar-refractivity contribution < 1.29 is 0 Å². The number of nitrogens with zero attached hydrogens (tertiary/aromatic N) is 1. The summed E-state index contributed by atoms with van der Waals surface area (Å²) >= 11 is 6.67. The van der Waals surface area contributed by atoms with E-state index in [9.17, 15) is 0 Å². The average molecular weight is 277 g/mol. The summed E-state index contributed by atoms with van der Waals surface area (Å²) in [6.07, 6.45) is 1.91. The number of thiocarbonyl (C=S) groups is 1. The molecule has 5 heteroatoms. The summed E-state index contributed by atoms with van der Waals surface area (Å²) in [6, 6.07) is 5.95. The van der Waals surface area contributed by atoms with Crippen LogP contribution in [-0.2, 0) is 6.54 Å². The fraction of sp³-hybridized carbons (Fsp3) is 0.231. The molecule has 1 aromatic carbocycles. The van der Waals surface area contributed by atoms with Crippen molar-refractivity contribution in [3.63, 3.8) is 0 Å². The number of thiazole rings is 1. The molecule has 0 atom stereocenters. The zero-order valence-electron chi connectivity index (χ0n) is 10.4. The molecular weight excluding hydrogens is 262 g/mol. The Bertz CT molecular complexity index is 575. The van der Waals surface area contributed by atoms with E-state index < -0.39 is 0 Å². The van der Waals surface area contributed by atoms with Gasteiger partial charge >= 0.3 is 0 Å². The molecule has 1 heterocycles. The second kappa shape index (κ2) is 5.46. The molecule has 0 saturated heterocycles. The van der Waals surface area contributed by atoms with Gasteiger partial charge in [-0.2, -0.15) is 0 Å². The third kappa shape index (κ3) is 3.05. The zero-order chi connectivity index (χ0) is 13.1. The third-order valence-electron chi connectivity index (χ3n) is 2.63. The van der Waals surface area contributed by atoms with E-state index in [1.165, 1.54) is 4.88 Å². The van der Waals surface area contributed by atoms with Crippen molar-refractivity contribution in [3.8, 4) is 0 Å². The van der Waals surface area contributed by atoms with Gasteiger partial charge < -0.3 is 11.1 Å². The first kappa shape index (κ1) is 13.0. The van der Waals surface area contributed by atoms with Crippen LogP contribution in [0.25, 0.3) is 0 Å². The van der Waals surface area contributed by atoms with Crippen molar-refractivity contribution in [2.75, 3.05) is 5.32 Å². The van der Waals surface area contributed by atoms with Crippen LogP contribution >= 0.6 is 23.6 Å². The van der Waals surface area contributed by atoms with Gasteiger partial charge in [0.15, 0.2) is 0 Å². The van der Waals surface area contributed by atoms with Gasteiger partial charge in [0.25, 0.3) is 0 Å². The molecule has 0 spiro atoms. The highest BCUT2D eigenvalue weighted by molar-refractivity contribution is 7.80. The SMILES string of the molecule is Cc1ncc(CNc2ccc(C(N)=S)cc2C)s1. The van der Waals surface area contributed by atoms with E-state index in [0.717, 1.165) is 28.4 Å². The van der Waals surface area contributed by atoms with E-state index >= 15 is 0 Å². The number of aryl methyl sites for hydroxylation is 2. The Balaban J connectivity index is 2.08. The molecule has 3 N–H and O–H groups in total. The number of hydrogen-bond acceptors (Lipinski definition) is 4. The summed E-state index contributed by atoms with van der Waals surface area (Å²) in [4.78, 5) is 5.89. The fourth-order valence-corrected chi connectivity index (χ4v) is 2.55. The van der Waals surface area contributed by atoms with Crippen LogP contribution in [0.5, 0.6) is 0 Å². The third-order valence-corrected chi connectivity index (χ3v) is 3.78. The van der Waals surface area contributed by atoms with Crippen molar-refractivity contribution >= 4 is 34.2 Å². The van der Waals surface area contributed by atoms with E-state index in [2.05, 4.69) is 10.3 Å². The molecule has 3 nitrogen and oxygen atoms in total. The van der Waals surface area contributed by atoms with Crippen molar-refractivity contribution in [3.05, 3.63) is 45.4 Å². The Hall–Kier alpha value is -1.46. The highest BCUT2D eigenvalue weighted by Gasteiger charge is 2.03. The Morgan fingerprint density at radius 2 is 2.22 bits per heavy atom. The lowest BCUT2D eigenvalue weighted by atomic mass is 10.1. The van der Waals surface area contributed by atoms with Crippen LogP contribution in [0.2, 0.25) is 0 Å². The maximum atomic E-state index is 5.60. The van der Waals surface area contributed by atoms with Crippen molar-refractivity contribution in [2.24, 2.45) is 5.73 Å². The minimum Gasteiger partial charge on any atom is -0.389 e. The standard InChI is InChI=1S/C13H15N3S2/c1-8-5-10(13(14)17)3-4-12(8)16-7-11-6-15-9(2)18-11/h3-6,16H,7H2,1-2H3,(H2,14,17). The first-order chi connectivity index (χ1) is 8.56. The van der Waals surface area contributed by atoms with E-state index in [0.29, 0.717) is 4.99 Å². The van der Waals surface area contributed by atoms with Crippen molar-refractivity contribution in [1.29, 1.82) is 0 Å². The summed E-state index contributed by atoms with van der Waals surface area (Å²) < 4.78 is 0. The fourth-order valence-electron chi connectivity index (χ4n) is 1.68. The lowest BCUT2D eigenvalue weighted by molar-refractivity contribution is 1.16. The van der Waals surface area contributed by atoms with Crippen LogP contribution in [0.1, 0.15) is 21.0 Å². The number of rotatable bonds is 4. The van der Waals surface area contributed by atoms with Crippen LogP contribution in [-0.4, -0.2) is 9.97 Å². The Morgan fingerprint density at radius 3 is 2.78 bits per heavy atom. The van der Waals surface area contributed by atoms with Crippen LogP contribution in [0.4, 0.5) is 5.69 Å². The Labute approximate surface area is 116 Å². The maximum Gasteiger partial charge on any atom is 0.103 e. The normalized spacial score (nSPS) is 10.3. The van der Waals surface area contributed by atoms with Crippen molar-refractivity contribution in [1.82, 2.24) is 4.98 Å². The van der Waals surface area contributed by atoms with Gasteiger partial charge in [0.1, 0.15) is 4.99 Å². The molecule has 0 aliphatic rings. The van der Waals surface area contributed by atoms with E-state index in [1.807, 2.05) is 38.2 Å². The van der Waals surface area contributed by atoms with Crippen LogP contribution < -0.4 is 11.1 Å². The molecule has 0 aliphatic carbocycles. The molecule has 0 amide bonds. The van der Waals surface area contributed by atoms with Crippen LogP contribution in [0.3, 0.4) is 0 Å². The summed E-state index contributed by atoms with van der Waals surface area (Å²) in [7, 11) is 0. The van der Waals surface area contributed by atoms with Crippen molar-refractivity contribution in [2.45, 2.75) is 20.4 Å². The largest absolute Gasteiger partial charge is 0.389 e. The molecule has 0 fully saturated rings. The van der Waals surface area contributed by atoms with Crippen LogP contribution in [0.15, 0.2) is 24.4 Å². The number of nitrogens with one attached hydrogen (secondary N) is 1. The minimum absolute atomic E-state index is 0.433. The lowest BCUT2D eigenvalue weighted by Gasteiger charge is -2.09. The van der Waals surface area contributed by atoms with Gasteiger partial charge in [-0.3, -0.25) is 0 Å². The predicted octanol–water partition coefficient (Wildman–Crippen LogP) is 3.01. The Kier molecular flexibility index (Phi) is 3.93. The summed E-state index contributed by atoms with van der Waals surface area (Å²) in [5.74, 6) is 0. The molecular formula is C13H15N3S2. The summed E-state index contributed by atoms with van der Waals surface area (Å²) in [5.41, 5.74) is 8.75. The topological polar surface area (TPSA) is 50.9 Å². The number of benzene rings is 1. The molecule has 2 rings (SSSR count). The molecule has 0 unspecified atom stereocenters. The molecule has 94 valence electrons. The summed E-state index contributed by atoms with van der Waals surface area (Å²) in [5, 5.41) is 4.49. The highest BCUT2D eigenvalue weighted by Crippen LogP contribution is 2.19. The second-order valence-electron chi connectivity index (χ2n) is 4.09. The van der Waals surface area contributed by atoms with Gasteiger partial charge in [-0.1, -0.05) is 12.2 Å². The molecule has 1 aromatic heterocycles. The van der Waals surface area contributed by atoms with E-state index in [-0.39, 0.29) is 0 Å². The summed E-state index contributed by atoms with van der Waals surface area (Å²) in [6.45, 7) is 4.84. The van der Waals surface area contributed by atoms with Gasteiger partial charge in [-0.25, -0.2) is 4.98 Å². The predicted molar refractivity (Wildman–Crippen MR) is 81.2 cm³/mol. The quantitative estimate of drug-likeness (QED) is 0.844. The van der Waals surface area contributed by atoms with Gasteiger partial charge in [0.2, 0.25) is 0 Å². The van der Waals surface area contributed by atoms with Gasteiger partial charge in [0.05, 0.1) is 11.6 Å². The van der Waals surface area contributed by atoms with Gasteiger partial charge in [0, 0.05) is 22.3 Å². The van der Waals surface area contributed by atoms with E-state index in [1.54, 1.807) is 11.3 Å². The molecule has 0 aliphatic heterocycles. The second-order valence-corrected chi connectivity index (χ2v) is 5.85. The first-order valence-electron chi connectivity index (χ1n) is 5.62. The number of anilines is 1. The Morgan fingerprint density at radius 1 is 1.44 bits per heavy atom. The highest BCUT2D eigenvalue weighted by atomic mass is 32.1. The molecule has 2 aromatic rings. The van der Waals surface area contributed by atoms with Gasteiger partial charge in [-0.15, -0.1) is 11.3 Å². The van der Waals surface area contributed by atoms with Crippen LogP contribution in [0, 0.1) is 13.8 Å². The van der Waals surface area contributed by atoms with E-state index in [4.69, 9.17) is 18.0 Å². The molecule has 18 heavy (non-hydrogen) atoms. The first-order valence-corrected chi connectivity index (χ1v) is 6.84. The zero-order valence-corrected chi connectivity index (χ0v) is 12.0. The molecule has 0 radical (unpaired) electrons. The minimum atomic E-state index is 0.433. The monoisotopic (exact) mass is 277 g/mol.